The van der Waals surface area contributed by atoms with Gasteiger partial charge in [-0.05, 0) is 18.4 Å². The number of hydrogen-bond acceptors (Lipinski definition) is 2. The van der Waals surface area contributed by atoms with Crippen LogP contribution in [0.4, 0.5) is 0 Å². The first kappa shape index (κ1) is 19.5. The molecule has 0 radical (unpaired) electrons. The Balaban J connectivity index is 0.00000225. The first-order chi connectivity index (χ1) is 11.8. The molecule has 0 unspecified atom stereocenters. The van der Waals surface area contributed by atoms with E-state index in [9.17, 15) is 0 Å². The molecule has 0 saturated heterocycles. The molecule has 1 aromatic carbocycles. The monoisotopic (exact) mass is 451 g/mol. The van der Waals surface area contributed by atoms with Crippen molar-refractivity contribution >= 4 is 29.9 Å². The number of nitrogens with one attached hydrogen (secondary N) is 2. The third-order valence-corrected chi connectivity index (χ3v) is 4.21. The summed E-state index contributed by atoms with van der Waals surface area (Å²) in [5, 5.41) is 6.83. The Morgan fingerprint density at radius 1 is 1.24 bits per heavy atom. The third-order valence-electron chi connectivity index (χ3n) is 4.21. The first-order valence-corrected chi connectivity index (χ1v) is 8.51. The summed E-state index contributed by atoms with van der Waals surface area (Å²) in [5.41, 5.74) is 1.29. The van der Waals surface area contributed by atoms with Crippen LogP contribution in [0.3, 0.4) is 0 Å². The lowest BCUT2D eigenvalue weighted by molar-refractivity contribution is 0.628. The van der Waals surface area contributed by atoms with Crippen LogP contribution in [0.15, 0.2) is 59.9 Å². The minimum absolute atomic E-state index is 0. The molecule has 5 nitrogen and oxygen atoms in total. The van der Waals surface area contributed by atoms with Crippen molar-refractivity contribution in [3.8, 4) is 0 Å². The molecule has 0 aliphatic heterocycles. The molecule has 1 aromatic heterocycles. The molecule has 1 aliphatic carbocycles. The van der Waals surface area contributed by atoms with Crippen LogP contribution in [-0.4, -0.2) is 35.1 Å². The molecule has 3 rings (SSSR count). The number of hydrogen-bond donors (Lipinski definition) is 2. The highest BCUT2D eigenvalue weighted by molar-refractivity contribution is 14.0. The van der Waals surface area contributed by atoms with E-state index in [-0.39, 0.29) is 24.0 Å². The van der Waals surface area contributed by atoms with E-state index < -0.39 is 0 Å². The van der Waals surface area contributed by atoms with Crippen molar-refractivity contribution in [3.05, 3.63) is 66.3 Å². The number of benzene rings is 1. The van der Waals surface area contributed by atoms with Crippen molar-refractivity contribution in [1.29, 1.82) is 0 Å². The fourth-order valence-electron chi connectivity index (χ4n) is 2.91. The first-order valence-electron chi connectivity index (χ1n) is 8.51. The Kier molecular flexibility index (Phi) is 7.97. The normalized spacial score (nSPS) is 14.4. The van der Waals surface area contributed by atoms with Gasteiger partial charge in [0.25, 0.3) is 0 Å². The quantitative estimate of drug-likeness (QED) is 0.307. The summed E-state index contributed by atoms with van der Waals surface area (Å²) >= 11 is 0. The van der Waals surface area contributed by atoms with Gasteiger partial charge in [0.2, 0.25) is 0 Å². The fourth-order valence-corrected chi connectivity index (χ4v) is 2.91. The standard InChI is InChI=1S/C19H25N5.HI/c1-20-19(23-17-9-5-6-10-17)22-12-11-18-21-13-14-24(18)15-16-7-3-2-4-8-16;/h2-8,13-14,17H,9-12,15H2,1H3,(H2,20,22,23);1H. The number of aromatic nitrogens is 2. The van der Waals surface area contributed by atoms with Gasteiger partial charge in [-0.25, -0.2) is 4.98 Å². The van der Waals surface area contributed by atoms with Gasteiger partial charge in [0.05, 0.1) is 0 Å². The van der Waals surface area contributed by atoms with Gasteiger partial charge in [-0.15, -0.1) is 24.0 Å². The molecule has 134 valence electrons. The van der Waals surface area contributed by atoms with Gasteiger partial charge in [0.15, 0.2) is 5.96 Å². The lowest BCUT2D eigenvalue weighted by Crippen LogP contribution is -2.43. The van der Waals surface area contributed by atoms with Crippen LogP contribution in [0.5, 0.6) is 0 Å². The summed E-state index contributed by atoms with van der Waals surface area (Å²) in [6, 6.07) is 10.9. The maximum atomic E-state index is 4.49. The van der Waals surface area contributed by atoms with E-state index in [1.54, 1.807) is 0 Å². The molecule has 1 aliphatic rings. The second-order valence-corrected chi connectivity index (χ2v) is 5.99. The van der Waals surface area contributed by atoms with Gasteiger partial charge in [-0.1, -0.05) is 42.5 Å². The molecule has 0 saturated carbocycles. The van der Waals surface area contributed by atoms with Gasteiger partial charge < -0.3 is 15.2 Å². The van der Waals surface area contributed by atoms with Gasteiger partial charge in [0.1, 0.15) is 5.82 Å². The Morgan fingerprint density at radius 3 is 2.72 bits per heavy atom. The summed E-state index contributed by atoms with van der Waals surface area (Å²) in [4.78, 5) is 8.79. The van der Waals surface area contributed by atoms with E-state index in [0.717, 1.165) is 44.1 Å². The molecule has 25 heavy (non-hydrogen) atoms. The van der Waals surface area contributed by atoms with Crippen molar-refractivity contribution in [1.82, 2.24) is 20.2 Å². The van der Waals surface area contributed by atoms with Crippen LogP contribution < -0.4 is 10.6 Å². The van der Waals surface area contributed by atoms with E-state index in [4.69, 9.17) is 0 Å². The third kappa shape index (κ3) is 5.88. The molecule has 2 N–H and O–H groups in total. The molecule has 6 heteroatoms. The van der Waals surface area contributed by atoms with Crippen molar-refractivity contribution in [2.45, 2.75) is 31.8 Å². The van der Waals surface area contributed by atoms with Crippen LogP contribution in [0.1, 0.15) is 24.2 Å². The molecular weight excluding hydrogens is 425 g/mol. The smallest absolute Gasteiger partial charge is 0.191 e. The summed E-state index contributed by atoms with van der Waals surface area (Å²) in [6.45, 7) is 1.67. The highest BCUT2D eigenvalue weighted by Crippen LogP contribution is 2.09. The highest BCUT2D eigenvalue weighted by atomic mass is 127. The average molecular weight is 451 g/mol. The average Bonchev–Trinajstić information content (AvgIpc) is 3.27. The van der Waals surface area contributed by atoms with E-state index in [0.29, 0.717) is 6.04 Å². The zero-order valence-corrected chi connectivity index (χ0v) is 16.9. The minimum atomic E-state index is 0. The van der Waals surface area contributed by atoms with E-state index in [2.05, 4.69) is 61.6 Å². The molecule has 0 atom stereocenters. The molecule has 1 heterocycles. The van der Waals surface area contributed by atoms with Gasteiger partial charge >= 0.3 is 0 Å². The van der Waals surface area contributed by atoms with Crippen LogP contribution in [-0.2, 0) is 13.0 Å². The number of aliphatic imine (C=N–C) groups is 1. The predicted molar refractivity (Wildman–Crippen MR) is 114 cm³/mol. The summed E-state index contributed by atoms with van der Waals surface area (Å²) < 4.78 is 2.20. The molecular formula is C19H26IN5. The number of rotatable bonds is 6. The van der Waals surface area contributed by atoms with Gasteiger partial charge in [0, 0.05) is 45.0 Å². The van der Waals surface area contributed by atoms with Crippen molar-refractivity contribution in [2.75, 3.05) is 13.6 Å². The lowest BCUT2D eigenvalue weighted by atomic mass is 10.2. The molecule has 0 fully saturated rings. The molecule has 2 aromatic rings. The summed E-state index contributed by atoms with van der Waals surface area (Å²) in [5.74, 6) is 1.95. The maximum absolute atomic E-state index is 4.49. The van der Waals surface area contributed by atoms with Crippen LogP contribution in [0, 0.1) is 0 Å². The second kappa shape index (κ2) is 10.2. The Morgan fingerprint density at radius 2 is 2.00 bits per heavy atom. The SMILES string of the molecule is CN=C(NCCc1nccn1Cc1ccccc1)NC1CC=CC1.I. The van der Waals surface area contributed by atoms with Gasteiger partial charge in [-0.3, -0.25) is 4.99 Å². The second-order valence-electron chi connectivity index (χ2n) is 5.99. The molecule has 0 bridgehead atoms. The summed E-state index contributed by atoms with van der Waals surface area (Å²) in [6.07, 6.45) is 11.3. The Labute approximate surface area is 166 Å². The fraction of sp³-hybridized carbons (Fsp3) is 0.368. The number of nitrogens with zero attached hydrogens (tertiary/aromatic N) is 3. The number of halogens is 1. The number of imidazole rings is 1. The van der Waals surface area contributed by atoms with Crippen LogP contribution in [0.25, 0.3) is 0 Å². The van der Waals surface area contributed by atoms with Crippen LogP contribution >= 0.6 is 24.0 Å². The zero-order chi connectivity index (χ0) is 16.6. The van der Waals surface area contributed by atoms with E-state index in [1.165, 1.54) is 5.56 Å². The zero-order valence-electron chi connectivity index (χ0n) is 14.6. The van der Waals surface area contributed by atoms with Crippen LogP contribution in [0.2, 0.25) is 0 Å². The Bertz CT molecular complexity index is 685. The van der Waals surface area contributed by atoms with Gasteiger partial charge in [-0.2, -0.15) is 0 Å². The Hall–Kier alpha value is -1.83. The minimum Gasteiger partial charge on any atom is -0.356 e. The lowest BCUT2D eigenvalue weighted by Gasteiger charge is -2.17. The maximum Gasteiger partial charge on any atom is 0.191 e. The highest BCUT2D eigenvalue weighted by Gasteiger charge is 2.11. The van der Waals surface area contributed by atoms with Crippen molar-refractivity contribution < 1.29 is 0 Å². The van der Waals surface area contributed by atoms with E-state index >= 15 is 0 Å². The molecule has 0 spiro atoms. The number of guanidine groups is 1. The van der Waals surface area contributed by atoms with Crippen molar-refractivity contribution in [2.24, 2.45) is 4.99 Å². The van der Waals surface area contributed by atoms with Crippen molar-refractivity contribution in [3.63, 3.8) is 0 Å². The largest absolute Gasteiger partial charge is 0.356 e. The predicted octanol–water partition coefficient (Wildman–Crippen LogP) is 2.98. The van der Waals surface area contributed by atoms with E-state index in [1.807, 2.05) is 25.5 Å². The molecule has 0 amide bonds. The topological polar surface area (TPSA) is 54.2 Å². The summed E-state index contributed by atoms with van der Waals surface area (Å²) in [7, 11) is 1.81.